The van der Waals surface area contributed by atoms with Crippen molar-refractivity contribution in [2.24, 2.45) is 4.99 Å². The summed E-state index contributed by atoms with van der Waals surface area (Å²) in [5.41, 5.74) is 3.66. The average molecular weight is 545 g/mol. The van der Waals surface area contributed by atoms with Gasteiger partial charge in [0.2, 0.25) is 0 Å². The number of aliphatic imine (C=N–C) groups is 1. The van der Waals surface area contributed by atoms with Crippen molar-refractivity contribution in [3.8, 4) is 5.82 Å². The summed E-state index contributed by atoms with van der Waals surface area (Å²) in [6.07, 6.45) is 8.16. The van der Waals surface area contributed by atoms with Gasteiger partial charge in [-0.05, 0) is 56.0 Å². The van der Waals surface area contributed by atoms with Crippen LogP contribution in [0, 0.1) is 6.92 Å². The Bertz CT molecular complexity index is 1020. The van der Waals surface area contributed by atoms with E-state index in [1.54, 1.807) is 13.2 Å². The summed E-state index contributed by atoms with van der Waals surface area (Å²) in [6, 6.07) is 13.0. The predicted molar refractivity (Wildman–Crippen MR) is 141 cm³/mol. The van der Waals surface area contributed by atoms with Crippen LogP contribution in [0.25, 0.3) is 5.82 Å². The van der Waals surface area contributed by atoms with Crippen LogP contribution in [0.5, 0.6) is 0 Å². The van der Waals surface area contributed by atoms with E-state index in [0.717, 1.165) is 36.3 Å². The lowest BCUT2D eigenvalue weighted by Crippen LogP contribution is -2.38. The van der Waals surface area contributed by atoms with Gasteiger partial charge in [-0.2, -0.15) is 0 Å². The predicted octanol–water partition coefficient (Wildman–Crippen LogP) is 4.22. The number of rotatable bonds is 6. The molecule has 1 aromatic carbocycles. The van der Waals surface area contributed by atoms with Gasteiger partial charge in [0, 0.05) is 51.0 Å². The highest BCUT2D eigenvalue weighted by molar-refractivity contribution is 14.0. The zero-order chi connectivity index (χ0) is 21.6. The van der Waals surface area contributed by atoms with Crippen molar-refractivity contribution in [2.45, 2.75) is 39.3 Å². The smallest absolute Gasteiger partial charge is 0.191 e. The highest BCUT2D eigenvalue weighted by Gasteiger charge is 2.14. The summed E-state index contributed by atoms with van der Waals surface area (Å²) in [5, 5.41) is 6.89. The van der Waals surface area contributed by atoms with Crippen LogP contribution in [0.2, 0.25) is 0 Å². The molecule has 0 saturated carbocycles. The third kappa shape index (κ3) is 5.79. The maximum atomic E-state index is 4.56. The van der Waals surface area contributed by atoms with Gasteiger partial charge < -0.3 is 15.5 Å². The van der Waals surface area contributed by atoms with Crippen molar-refractivity contribution in [3.63, 3.8) is 0 Å². The number of hydrogen-bond acceptors (Lipinski definition) is 4. The van der Waals surface area contributed by atoms with Crippen LogP contribution in [0.4, 0.5) is 5.69 Å². The Kier molecular flexibility index (Phi) is 8.49. The van der Waals surface area contributed by atoms with Gasteiger partial charge in [0.1, 0.15) is 11.6 Å². The molecule has 7 nitrogen and oxygen atoms in total. The Hall–Kier alpha value is -2.62. The van der Waals surface area contributed by atoms with Gasteiger partial charge in [-0.25, -0.2) is 9.97 Å². The van der Waals surface area contributed by atoms with E-state index >= 15 is 0 Å². The number of benzene rings is 1. The standard InChI is InChI=1S/C24H31N7.HI/c1-18(21-7-6-8-22(15-21)30-12-4-5-13-30)29-24(25-3)28-17-20-9-10-23(27-16-20)31-14-11-26-19(31)2;/h6-11,14-16,18H,4-5,12-13,17H2,1-3H3,(H2,25,28,29);1H. The number of imidazole rings is 1. The van der Waals surface area contributed by atoms with E-state index in [4.69, 9.17) is 0 Å². The van der Waals surface area contributed by atoms with Crippen molar-refractivity contribution < 1.29 is 0 Å². The molecule has 3 aromatic rings. The molecular formula is C24H32IN7. The Morgan fingerprint density at radius 3 is 2.62 bits per heavy atom. The Morgan fingerprint density at radius 2 is 1.97 bits per heavy atom. The third-order valence-corrected chi connectivity index (χ3v) is 5.76. The molecule has 1 atom stereocenters. The number of pyridine rings is 1. The second-order valence-corrected chi connectivity index (χ2v) is 7.95. The summed E-state index contributed by atoms with van der Waals surface area (Å²) in [7, 11) is 1.80. The highest BCUT2D eigenvalue weighted by atomic mass is 127. The first-order valence-electron chi connectivity index (χ1n) is 10.9. The van der Waals surface area contributed by atoms with Crippen LogP contribution in [0.3, 0.4) is 0 Å². The molecule has 2 N–H and O–H groups in total. The van der Waals surface area contributed by atoms with Gasteiger partial charge in [-0.3, -0.25) is 9.56 Å². The zero-order valence-electron chi connectivity index (χ0n) is 19.0. The van der Waals surface area contributed by atoms with Gasteiger partial charge >= 0.3 is 0 Å². The molecule has 170 valence electrons. The van der Waals surface area contributed by atoms with E-state index in [-0.39, 0.29) is 30.0 Å². The molecule has 0 amide bonds. The van der Waals surface area contributed by atoms with Crippen LogP contribution in [-0.2, 0) is 6.54 Å². The lowest BCUT2D eigenvalue weighted by Gasteiger charge is -2.22. The number of nitrogens with zero attached hydrogens (tertiary/aromatic N) is 5. The fraction of sp³-hybridized carbons (Fsp3) is 0.375. The number of aromatic nitrogens is 3. The topological polar surface area (TPSA) is 70.4 Å². The first-order chi connectivity index (χ1) is 15.1. The number of guanidine groups is 1. The maximum absolute atomic E-state index is 4.56. The van der Waals surface area contributed by atoms with Crippen LogP contribution in [0.1, 0.15) is 42.8 Å². The van der Waals surface area contributed by atoms with Crippen molar-refractivity contribution >= 4 is 35.6 Å². The molecule has 1 unspecified atom stereocenters. The van der Waals surface area contributed by atoms with Crippen molar-refractivity contribution in [1.82, 2.24) is 25.2 Å². The maximum Gasteiger partial charge on any atom is 0.191 e. The zero-order valence-corrected chi connectivity index (χ0v) is 21.3. The fourth-order valence-electron chi connectivity index (χ4n) is 3.92. The monoisotopic (exact) mass is 545 g/mol. The first-order valence-corrected chi connectivity index (χ1v) is 10.9. The summed E-state index contributed by atoms with van der Waals surface area (Å²) in [4.78, 5) is 15.7. The first kappa shape index (κ1) is 24.0. The molecule has 8 heteroatoms. The van der Waals surface area contributed by atoms with E-state index in [0.29, 0.717) is 6.54 Å². The van der Waals surface area contributed by atoms with Gasteiger partial charge in [0.25, 0.3) is 0 Å². The molecule has 0 radical (unpaired) electrons. The summed E-state index contributed by atoms with van der Waals surface area (Å²) in [6.45, 7) is 7.09. The second-order valence-electron chi connectivity index (χ2n) is 7.95. The van der Waals surface area contributed by atoms with Crippen molar-refractivity contribution in [1.29, 1.82) is 0 Å². The lowest BCUT2D eigenvalue weighted by atomic mass is 10.1. The molecule has 1 aliphatic rings. The van der Waals surface area contributed by atoms with Gasteiger partial charge in [0.15, 0.2) is 5.96 Å². The number of halogens is 1. The van der Waals surface area contributed by atoms with E-state index in [1.807, 2.05) is 30.0 Å². The molecule has 1 fully saturated rings. The van der Waals surface area contributed by atoms with Gasteiger partial charge in [0.05, 0.1) is 6.04 Å². The molecule has 4 rings (SSSR count). The van der Waals surface area contributed by atoms with Crippen LogP contribution >= 0.6 is 24.0 Å². The Morgan fingerprint density at radius 1 is 1.16 bits per heavy atom. The number of anilines is 1. The fourth-order valence-corrected chi connectivity index (χ4v) is 3.92. The molecule has 0 spiro atoms. The number of nitrogens with one attached hydrogen (secondary N) is 2. The number of aryl methyl sites for hydroxylation is 1. The van der Waals surface area contributed by atoms with Crippen LogP contribution < -0.4 is 15.5 Å². The van der Waals surface area contributed by atoms with E-state index < -0.39 is 0 Å². The van der Waals surface area contributed by atoms with E-state index in [1.165, 1.54) is 24.1 Å². The average Bonchev–Trinajstić information content (AvgIpc) is 3.49. The normalized spacial score (nSPS) is 14.7. The molecule has 3 heterocycles. The quantitative estimate of drug-likeness (QED) is 0.276. The minimum atomic E-state index is 0. The van der Waals surface area contributed by atoms with Crippen molar-refractivity contribution in [3.05, 3.63) is 71.9 Å². The molecule has 0 bridgehead atoms. The summed E-state index contributed by atoms with van der Waals surface area (Å²) >= 11 is 0. The van der Waals surface area contributed by atoms with Crippen LogP contribution in [0.15, 0.2) is 60.0 Å². The number of hydrogen-bond donors (Lipinski definition) is 2. The molecule has 32 heavy (non-hydrogen) atoms. The molecule has 1 saturated heterocycles. The minimum absolute atomic E-state index is 0. The Balaban J connectivity index is 0.00000289. The lowest BCUT2D eigenvalue weighted by molar-refractivity contribution is 0.684. The molecule has 0 aliphatic carbocycles. The summed E-state index contributed by atoms with van der Waals surface area (Å²) < 4.78 is 1.97. The van der Waals surface area contributed by atoms with Gasteiger partial charge in [-0.15, -0.1) is 24.0 Å². The largest absolute Gasteiger partial charge is 0.372 e. The van der Waals surface area contributed by atoms with Crippen molar-refractivity contribution in [2.75, 3.05) is 25.0 Å². The third-order valence-electron chi connectivity index (χ3n) is 5.76. The van der Waals surface area contributed by atoms with E-state index in [9.17, 15) is 0 Å². The van der Waals surface area contributed by atoms with Gasteiger partial charge in [-0.1, -0.05) is 18.2 Å². The van der Waals surface area contributed by atoms with Crippen LogP contribution in [-0.4, -0.2) is 40.6 Å². The Labute approximate surface area is 207 Å². The highest BCUT2D eigenvalue weighted by Crippen LogP contribution is 2.24. The molecule has 2 aromatic heterocycles. The second kappa shape index (κ2) is 11.3. The minimum Gasteiger partial charge on any atom is -0.372 e. The van der Waals surface area contributed by atoms with E-state index in [2.05, 4.69) is 67.7 Å². The summed E-state index contributed by atoms with van der Waals surface area (Å²) in [5.74, 6) is 2.56. The SMILES string of the molecule is CN=C(NCc1ccc(-n2ccnc2C)nc1)NC(C)c1cccc(N2CCCC2)c1.I. The molecule has 1 aliphatic heterocycles. The molecular weight excluding hydrogens is 513 g/mol.